The van der Waals surface area contributed by atoms with E-state index in [0.29, 0.717) is 54.0 Å². The number of likely N-dealkylation sites (tertiary alicyclic amines) is 1. The van der Waals surface area contributed by atoms with Crippen molar-refractivity contribution in [2.45, 2.75) is 65.5 Å². The molecular formula is C28H34ClN3O5S. The Hall–Kier alpha value is -2.78. The van der Waals surface area contributed by atoms with Gasteiger partial charge in [0.05, 0.1) is 36.3 Å². The van der Waals surface area contributed by atoms with Crippen LogP contribution in [-0.4, -0.2) is 58.1 Å². The molecular weight excluding hydrogens is 526 g/mol. The fourth-order valence-corrected chi connectivity index (χ4v) is 5.91. The van der Waals surface area contributed by atoms with Crippen LogP contribution in [0.2, 0.25) is 5.02 Å². The monoisotopic (exact) mass is 559 g/mol. The smallest absolute Gasteiger partial charge is 0.338 e. The SMILES string of the molecule is CCOC(=O)C1CCN(C(=O)CC2=CSC3=NC(C)=C(C(=O)OC(C)(C)C)[C@@H](c4ccc(Cl)cc4)N23)CC1. The Labute approximate surface area is 233 Å². The van der Waals surface area contributed by atoms with E-state index in [-0.39, 0.29) is 24.2 Å². The Kier molecular flexibility index (Phi) is 8.57. The molecule has 0 unspecified atom stereocenters. The summed E-state index contributed by atoms with van der Waals surface area (Å²) in [6, 6.07) is 6.83. The maximum Gasteiger partial charge on any atom is 0.338 e. The second-order valence-electron chi connectivity index (χ2n) is 10.5. The molecule has 0 aromatic heterocycles. The number of thioether (sulfide) groups is 1. The molecule has 10 heteroatoms. The number of carbonyl (C=O) groups is 3. The Bertz CT molecular complexity index is 1190. The zero-order chi connectivity index (χ0) is 27.6. The number of amides is 1. The van der Waals surface area contributed by atoms with Gasteiger partial charge < -0.3 is 19.3 Å². The summed E-state index contributed by atoms with van der Waals surface area (Å²) in [6.45, 7) is 10.5. The Morgan fingerprint density at radius 3 is 2.39 bits per heavy atom. The number of ether oxygens (including phenoxy) is 2. The molecule has 0 saturated carbocycles. The van der Waals surface area contributed by atoms with E-state index in [0.717, 1.165) is 11.3 Å². The number of hydrogen-bond acceptors (Lipinski definition) is 8. The number of hydrogen-bond donors (Lipinski definition) is 0. The van der Waals surface area contributed by atoms with Crippen molar-refractivity contribution in [2.24, 2.45) is 10.9 Å². The van der Waals surface area contributed by atoms with Gasteiger partial charge in [-0.1, -0.05) is 35.5 Å². The molecule has 1 aromatic rings. The molecule has 204 valence electrons. The van der Waals surface area contributed by atoms with Gasteiger partial charge >= 0.3 is 11.9 Å². The molecule has 0 bridgehead atoms. The van der Waals surface area contributed by atoms with Crippen molar-refractivity contribution in [3.8, 4) is 0 Å². The molecule has 3 aliphatic heterocycles. The summed E-state index contributed by atoms with van der Waals surface area (Å²) >= 11 is 7.61. The van der Waals surface area contributed by atoms with Crippen molar-refractivity contribution in [3.05, 3.63) is 57.2 Å². The molecule has 1 saturated heterocycles. The highest BCUT2D eigenvalue weighted by atomic mass is 35.5. The summed E-state index contributed by atoms with van der Waals surface area (Å²) in [6.07, 6.45) is 1.33. The standard InChI is InChI=1S/C28H34ClN3O5S/c1-6-36-25(34)19-11-13-31(14-12-19)22(33)15-21-16-38-27-30-17(2)23(26(35)37-28(3,4)5)24(32(21)27)18-7-9-20(29)10-8-18/h7-10,16,19,24H,6,11-15H2,1-5H3/t24-/m1/s1. The van der Waals surface area contributed by atoms with Crippen LogP contribution in [0.1, 0.15) is 65.5 Å². The van der Waals surface area contributed by atoms with Gasteiger partial charge in [0.25, 0.3) is 0 Å². The highest BCUT2D eigenvalue weighted by molar-refractivity contribution is 8.16. The summed E-state index contributed by atoms with van der Waals surface area (Å²) in [5.41, 5.74) is 1.95. The Morgan fingerprint density at radius 2 is 1.79 bits per heavy atom. The number of piperidine rings is 1. The Morgan fingerprint density at radius 1 is 1.13 bits per heavy atom. The van der Waals surface area contributed by atoms with Crippen LogP contribution in [0.25, 0.3) is 0 Å². The lowest BCUT2D eigenvalue weighted by atomic mass is 9.93. The van der Waals surface area contributed by atoms with Gasteiger partial charge in [-0.3, -0.25) is 9.59 Å². The van der Waals surface area contributed by atoms with Crippen molar-refractivity contribution in [3.63, 3.8) is 0 Å². The zero-order valence-electron chi connectivity index (χ0n) is 22.5. The number of halogens is 1. The quantitative estimate of drug-likeness (QED) is 0.428. The van der Waals surface area contributed by atoms with Crippen LogP contribution in [0, 0.1) is 5.92 Å². The van der Waals surface area contributed by atoms with Crippen LogP contribution in [-0.2, 0) is 23.9 Å². The lowest BCUT2D eigenvalue weighted by Gasteiger charge is -2.38. The summed E-state index contributed by atoms with van der Waals surface area (Å²) in [4.78, 5) is 47.4. The summed E-state index contributed by atoms with van der Waals surface area (Å²) in [7, 11) is 0. The van der Waals surface area contributed by atoms with Crippen molar-refractivity contribution in [1.29, 1.82) is 0 Å². The van der Waals surface area contributed by atoms with E-state index >= 15 is 0 Å². The largest absolute Gasteiger partial charge is 0.466 e. The number of aliphatic imine (C=N–C) groups is 1. The number of carbonyl (C=O) groups excluding carboxylic acids is 3. The Balaban J connectivity index is 1.57. The second-order valence-corrected chi connectivity index (χ2v) is 11.8. The molecule has 8 nitrogen and oxygen atoms in total. The minimum atomic E-state index is -0.678. The molecule has 4 rings (SSSR count). The fraction of sp³-hybridized carbons (Fsp3) is 0.500. The van der Waals surface area contributed by atoms with E-state index in [2.05, 4.69) is 0 Å². The minimum absolute atomic E-state index is 0.0274. The third-order valence-electron chi connectivity index (χ3n) is 6.61. The average molecular weight is 560 g/mol. The lowest BCUT2D eigenvalue weighted by molar-refractivity contribution is -0.151. The highest BCUT2D eigenvalue weighted by Crippen LogP contribution is 2.45. The number of benzene rings is 1. The first-order valence-electron chi connectivity index (χ1n) is 12.9. The first-order chi connectivity index (χ1) is 18.0. The maximum absolute atomic E-state index is 13.4. The van der Waals surface area contributed by atoms with Crippen LogP contribution >= 0.6 is 23.4 Å². The van der Waals surface area contributed by atoms with Crippen LogP contribution < -0.4 is 0 Å². The number of fused-ring (bicyclic) bond motifs is 1. The van der Waals surface area contributed by atoms with Gasteiger partial charge in [-0.05, 0) is 70.6 Å². The number of amidine groups is 1. The van der Waals surface area contributed by atoms with Gasteiger partial charge in [0.1, 0.15) is 5.60 Å². The van der Waals surface area contributed by atoms with Crippen LogP contribution in [0.15, 0.2) is 51.6 Å². The van der Waals surface area contributed by atoms with E-state index in [1.807, 2.05) is 50.1 Å². The molecule has 0 spiro atoms. The lowest BCUT2D eigenvalue weighted by Crippen LogP contribution is -2.42. The van der Waals surface area contributed by atoms with Crippen LogP contribution in [0.3, 0.4) is 0 Å². The highest BCUT2D eigenvalue weighted by Gasteiger charge is 2.42. The van der Waals surface area contributed by atoms with Crippen LogP contribution in [0.4, 0.5) is 0 Å². The van der Waals surface area contributed by atoms with Gasteiger partial charge in [-0.15, -0.1) is 0 Å². The maximum atomic E-state index is 13.4. The van der Waals surface area contributed by atoms with Gasteiger partial charge in [0.15, 0.2) is 5.17 Å². The summed E-state index contributed by atoms with van der Waals surface area (Å²) < 4.78 is 10.9. The average Bonchev–Trinajstić information content (AvgIpc) is 3.24. The molecule has 1 atom stereocenters. The normalized spacial score (nSPS) is 20.1. The van der Waals surface area contributed by atoms with Crippen LogP contribution in [0.5, 0.6) is 0 Å². The molecule has 3 aliphatic rings. The zero-order valence-corrected chi connectivity index (χ0v) is 24.0. The third kappa shape index (κ3) is 6.26. The number of allylic oxidation sites excluding steroid dienone is 1. The second kappa shape index (κ2) is 11.5. The summed E-state index contributed by atoms with van der Waals surface area (Å²) in [5.74, 6) is -0.826. The predicted octanol–water partition coefficient (Wildman–Crippen LogP) is 5.45. The predicted molar refractivity (Wildman–Crippen MR) is 148 cm³/mol. The molecule has 0 radical (unpaired) electrons. The fourth-order valence-electron chi connectivity index (χ4n) is 4.82. The van der Waals surface area contributed by atoms with E-state index in [1.54, 1.807) is 24.0 Å². The number of esters is 2. The van der Waals surface area contributed by atoms with Crippen molar-refractivity contribution in [2.75, 3.05) is 19.7 Å². The number of nitrogens with zero attached hydrogens (tertiary/aromatic N) is 3. The molecule has 0 N–H and O–H groups in total. The van der Waals surface area contributed by atoms with Gasteiger partial charge in [0.2, 0.25) is 5.91 Å². The first kappa shape index (κ1) is 28.2. The molecule has 0 aliphatic carbocycles. The van der Waals surface area contributed by atoms with E-state index in [1.165, 1.54) is 11.8 Å². The van der Waals surface area contributed by atoms with Crippen molar-refractivity contribution < 1.29 is 23.9 Å². The minimum Gasteiger partial charge on any atom is -0.466 e. The molecule has 1 amide bonds. The third-order valence-corrected chi connectivity index (χ3v) is 7.75. The van der Waals surface area contributed by atoms with Gasteiger partial charge in [-0.2, -0.15) is 0 Å². The molecule has 38 heavy (non-hydrogen) atoms. The van der Waals surface area contributed by atoms with E-state index < -0.39 is 17.6 Å². The molecule has 3 heterocycles. The van der Waals surface area contributed by atoms with Gasteiger partial charge in [-0.25, -0.2) is 9.79 Å². The van der Waals surface area contributed by atoms with Gasteiger partial charge in [0, 0.05) is 23.8 Å². The molecule has 1 aromatic carbocycles. The van der Waals surface area contributed by atoms with Crippen molar-refractivity contribution in [1.82, 2.24) is 9.80 Å². The van der Waals surface area contributed by atoms with E-state index in [4.69, 9.17) is 26.1 Å². The molecule has 1 fully saturated rings. The topological polar surface area (TPSA) is 88.5 Å². The summed E-state index contributed by atoms with van der Waals surface area (Å²) in [5, 5.41) is 3.22. The van der Waals surface area contributed by atoms with Crippen molar-refractivity contribution >= 4 is 46.4 Å². The first-order valence-corrected chi connectivity index (χ1v) is 14.1. The van der Waals surface area contributed by atoms with E-state index in [9.17, 15) is 14.4 Å². The number of rotatable bonds is 6.